The maximum absolute atomic E-state index is 11.3. The third kappa shape index (κ3) is 3.72. The molecule has 0 spiro atoms. The minimum absolute atomic E-state index is 0.333. The molecule has 2 atom stereocenters. The summed E-state index contributed by atoms with van der Waals surface area (Å²) in [5, 5.41) is 12.7. The van der Waals surface area contributed by atoms with Crippen LogP contribution >= 0.6 is 15.9 Å². The molecule has 104 valence electrons. The van der Waals surface area contributed by atoms with E-state index < -0.39 is 5.97 Å². The standard InChI is InChI=1S/C15H20BrNO2/c1-10-4-2-5-11(9-8-10)17-13-7-3-6-12(16)14(13)15(18)19/h3,6-7,10-11,17H,2,4-5,8-9H2,1H3,(H,18,19). The molecule has 0 heterocycles. The number of benzene rings is 1. The Morgan fingerprint density at radius 1 is 1.32 bits per heavy atom. The topological polar surface area (TPSA) is 49.3 Å². The first-order valence-corrected chi connectivity index (χ1v) is 7.65. The van der Waals surface area contributed by atoms with Crippen LogP contribution in [0.15, 0.2) is 22.7 Å². The SMILES string of the molecule is CC1CCCC(Nc2cccc(Br)c2C(=O)O)CC1. The number of hydrogen-bond donors (Lipinski definition) is 2. The summed E-state index contributed by atoms with van der Waals surface area (Å²) in [6, 6.07) is 5.88. The summed E-state index contributed by atoms with van der Waals surface area (Å²) in [7, 11) is 0. The lowest BCUT2D eigenvalue weighted by atomic mass is 10.0. The van der Waals surface area contributed by atoms with Gasteiger partial charge in [0.25, 0.3) is 0 Å². The van der Waals surface area contributed by atoms with Crippen LogP contribution in [0.1, 0.15) is 49.4 Å². The van der Waals surface area contributed by atoms with Crippen molar-refractivity contribution in [2.45, 2.75) is 45.1 Å². The van der Waals surface area contributed by atoms with Crippen LogP contribution in [0.5, 0.6) is 0 Å². The van der Waals surface area contributed by atoms with E-state index in [1.807, 2.05) is 12.1 Å². The van der Waals surface area contributed by atoms with Crippen LogP contribution in [0, 0.1) is 5.92 Å². The minimum Gasteiger partial charge on any atom is -0.478 e. The fourth-order valence-electron chi connectivity index (χ4n) is 2.71. The Bertz CT molecular complexity index is 461. The molecule has 2 rings (SSSR count). The van der Waals surface area contributed by atoms with Gasteiger partial charge in [0.15, 0.2) is 0 Å². The summed E-state index contributed by atoms with van der Waals surface area (Å²) < 4.78 is 0.631. The molecule has 1 aliphatic carbocycles. The molecule has 0 radical (unpaired) electrons. The molecule has 19 heavy (non-hydrogen) atoms. The maximum atomic E-state index is 11.3. The van der Waals surface area contributed by atoms with E-state index in [1.165, 1.54) is 19.3 Å². The van der Waals surface area contributed by atoms with E-state index in [1.54, 1.807) is 6.07 Å². The van der Waals surface area contributed by atoms with Gasteiger partial charge in [0.2, 0.25) is 0 Å². The van der Waals surface area contributed by atoms with Gasteiger partial charge in [0.1, 0.15) is 0 Å². The van der Waals surface area contributed by atoms with Gasteiger partial charge in [-0.1, -0.05) is 25.8 Å². The number of anilines is 1. The Morgan fingerprint density at radius 2 is 2.11 bits per heavy atom. The minimum atomic E-state index is -0.892. The third-order valence-corrected chi connectivity index (χ3v) is 4.51. The molecular formula is C15H20BrNO2. The van der Waals surface area contributed by atoms with Gasteiger partial charge in [0, 0.05) is 10.5 Å². The van der Waals surface area contributed by atoms with Crippen LogP contribution in [0.3, 0.4) is 0 Å². The molecule has 1 fully saturated rings. The summed E-state index contributed by atoms with van der Waals surface area (Å²) >= 11 is 3.32. The Kier molecular flexibility index (Phi) is 4.86. The molecule has 3 nitrogen and oxygen atoms in total. The Hall–Kier alpha value is -1.03. The largest absolute Gasteiger partial charge is 0.478 e. The van der Waals surface area contributed by atoms with Crippen molar-refractivity contribution < 1.29 is 9.90 Å². The number of carboxylic acid groups (broad SMARTS) is 1. The summed E-state index contributed by atoms with van der Waals surface area (Å²) in [4.78, 5) is 11.3. The van der Waals surface area contributed by atoms with Gasteiger partial charge >= 0.3 is 5.97 Å². The van der Waals surface area contributed by atoms with E-state index in [2.05, 4.69) is 28.2 Å². The van der Waals surface area contributed by atoms with Crippen LogP contribution in [0.2, 0.25) is 0 Å². The van der Waals surface area contributed by atoms with Crippen molar-refractivity contribution in [2.75, 3.05) is 5.32 Å². The van der Waals surface area contributed by atoms with Crippen molar-refractivity contribution in [3.8, 4) is 0 Å². The average molecular weight is 326 g/mol. The quantitative estimate of drug-likeness (QED) is 0.803. The van der Waals surface area contributed by atoms with Gasteiger partial charge in [-0.25, -0.2) is 4.79 Å². The summed E-state index contributed by atoms with van der Waals surface area (Å²) in [5.74, 6) is -0.106. The molecule has 0 bridgehead atoms. The normalized spacial score (nSPS) is 23.7. The maximum Gasteiger partial charge on any atom is 0.338 e. The number of carboxylic acids is 1. The molecule has 0 aromatic heterocycles. The second kappa shape index (κ2) is 6.42. The Morgan fingerprint density at radius 3 is 2.84 bits per heavy atom. The van der Waals surface area contributed by atoms with E-state index >= 15 is 0 Å². The lowest BCUT2D eigenvalue weighted by Gasteiger charge is -2.19. The average Bonchev–Trinajstić information content (AvgIpc) is 2.54. The smallest absolute Gasteiger partial charge is 0.338 e. The van der Waals surface area contributed by atoms with E-state index in [9.17, 15) is 9.90 Å². The predicted molar refractivity (Wildman–Crippen MR) is 80.8 cm³/mol. The van der Waals surface area contributed by atoms with Crippen LogP contribution in [-0.2, 0) is 0 Å². The molecule has 0 aliphatic heterocycles. The molecule has 4 heteroatoms. The summed E-state index contributed by atoms with van der Waals surface area (Å²) in [6.45, 7) is 2.30. The summed E-state index contributed by atoms with van der Waals surface area (Å²) in [6.07, 6.45) is 5.95. The van der Waals surface area contributed by atoms with Crippen molar-refractivity contribution in [2.24, 2.45) is 5.92 Å². The first kappa shape index (κ1) is 14.4. The zero-order chi connectivity index (χ0) is 13.8. The predicted octanol–water partition coefficient (Wildman–Crippen LogP) is 4.53. The number of hydrogen-bond acceptors (Lipinski definition) is 2. The van der Waals surface area contributed by atoms with Crippen molar-refractivity contribution in [3.05, 3.63) is 28.2 Å². The van der Waals surface area contributed by atoms with Crippen LogP contribution < -0.4 is 5.32 Å². The first-order chi connectivity index (χ1) is 9.08. The highest BCUT2D eigenvalue weighted by molar-refractivity contribution is 9.10. The lowest BCUT2D eigenvalue weighted by Crippen LogP contribution is -2.20. The van der Waals surface area contributed by atoms with Crippen molar-refractivity contribution in [1.82, 2.24) is 0 Å². The first-order valence-electron chi connectivity index (χ1n) is 6.86. The molecular weight excluding hydrogens is 306 g/mol. The van der Waals surface area contributed by atoms with E-state index in [4.69, 9.17) is 0 Å². The Labute approximate surface area is 122 Å². The van der Waals surface area contributed by atoms with Crippen LogP contribution in [0.4, 0.5) is 5.69 Å². The molecule has 0 saturated heterocycles. The van der Waals surface area contributed by atoms with E-state index in [0.29, 0.717) is 16.1 Å². The third-order valence-electron chi connectivity index (χ3n) is 3.84. The molecule has 1 aromatic rings. The number of halogens is 1. The Balaban J connectivity index is 2.14. The molecule has 2 N–H and O–H groups in total. The van der Waals surface area contributed by atoms with Gasteiger partial charge < -0.3 is 10.4 Å². The summed E-state index contributed by atoms with van der Waals surface area (Å²) in [5.41, 5.74) is 1.06. The zero-order valence-electron chi connectivity index (χ0n) is 11.2. The van der Waals surface area contributed by atoms with E-state index in [0.717, 1.165) is 24.4 Å². The highest BCUT2D eigenvalue weighted by Crippen LogP contribution is 2.29. The molecule has 1 aliphatic rings. The highest BCUT2D eigenvalue weighted by atomic mass is 79.9. The second-order valence-electron chi connectivity index (χ2n) is 5.42. The molecule has 1 saturated carbocycles. The van der Waals surface area contributed by atoms with Crippen molar-refractivity contribution in [1.29, 1.82) is 0 Å². The van der Waals surface area contributed by atoms with Gasteiger partial charge in [-0.05, 0) is 53.2 Å². The number of carbonyl (C=O) groups is 1. The van der Waals surface area contributed by atoms with Gasteiger partial charge in [-0.2, -0.15) is 0 Å². The second-order valence-corrected chi connectivity index (χ2v) is 6.28. The van der Waals surface area contributed by atoms with Gasteiger partial charge in [0.05, 0.1) is 11.3 Å². The fourth-order valence-corrected chi connectivity index (χ4v) is 3.25. The highest BCUT2D eigenvalue weighted by Gasteiger charge is 2.19. The van der Waals surface area contributed by atoms with Gasteiger partial charge in [-0.3, -0.25) is 0 Å². The number of nitrogens with one attached hydrogen (secondary N) is 1. The number of rotatable bonds is 3. The molecule has 1 aromatic carbocycles. The molecule has 0 amide bonds. The van der Waals surface area contributed by atoms with Crippen LogP contribution in [0.25, 0.3) is 0 Å². The van der Waals surface area contributed by atoms with E-state index in [-0.39, 0.29) is 0 Å². The number of aromatic carboxylic acids is 1. The van der Waals surface area contributed by atoms with Crippen LogP contribution in [-0.4, -0.2) is 17.1 Å². The monoisotopic (exact) mass is 325 g/mol. The van der Waals surface area contributed by atoms with Gasteiger partial charge in [-0.15, -0.1) is 0 Å². The van der Waals surface area contributed by atoms with Crippen molar-refractivity contribution in [3.63, 3.8) is 0 Å². The zero-order valence-corrected chi connectivity index (χ0v) is 12.7. The lowest BCUT2D eigenvalue weighted by molar-refractivity contribution is 0.0697. The molecule has 2 unspecified atom stereocenters. The van der Waals surface area contributed by atoms with Crippen molar-refractivity contribution >= 4 is 27.6 Å². The fraction of sp³-hybridized carbons (Fsp3) is 0.533.